The second-order valence-electron chi connectivity index (χ2n) is 10.8. The van der Waals surface area contributed by atoms with E-state index in [-0.39, 0.29) is 35.5 Å². The van der Waals surface area contributed by atoms with E-state index in [1.807, 2.05) is 29.2 Å². The molecule has 1 atom stereocenters. The number of piperidine rings is 1. The first kappa shape index (κ1) is 29.0. The smallest absolute Gasteiger partial charge is 0.252 e. The molecule has 3 amide bonds. The third-order valence-electron chi connectivity index (χ3n) is 8.07. The van der Waals surface area contributed by atoms with Crippen molar-refractivity contribution in [2.75, 3.05) is 30.3 Å². The minimum absolute atomic E-state index is 0.0415. The number of nitrogens with one attached hydrogen (secondary N) is 2. The quantitative estimate of drug-likeness (QED) is 0.362. The summed E-state index contributed by atoms with van der Waals surface area (Å²) in [7, 11) is 0. The van der Waals surface area contributed by atoms with Gasteiger partial charge in [0.25, 0.3) is 5.91 Å². The largest absolute Gasteiger partial charge is 0.380 e. The van der Waals surface area contributed by atoms with Crippen LogP contribution in [-0.4, -0.2) is 58.2 Å². The van der Waals surface area contributed by atoms with E-state index in [1.54, 1.807) is 11.0 Å². The van der Waals surface area contributed by atoms with Crippen molar-refractivity contribution in [1.29, 1.82) is 0 Å². The van der Waals surface area contributed by atoms with Crippen molar-refractivity contribution >= 4 is 34.9 Å². The third-order valence-corrected chi connectivity index (χ3v) is 8.07. The second kappa shape index (κ2) is 12.5. The lowest BCUT2D eigenvalue weighted by atomic mass is 9.89. The maximum absolute atomic E-state index is 14.1. The molecule has 0 spiro atoms. The first-order chi connectivity index (χ1) is 20.2. The van der Waals surface area contributed by atoms with Gasteiger partial charge in [0.05, 0.1) is 11.3 Å². The summed E-state index contributed by atoms with van der Waals surface area (Å²) in [5.74, 6) is -1.83. The highest BCUT2D eigenvalue weighted by Gasteiger charge is 2.36. The van der Waals surface area contributed by atoms with E-state index in [4.69, 9.17) is 5.73 Å². The van der Waals surface area contributed by atoms with Crippen LogP contribution < -0.4 is 16.4 Å². The number of anilines is 3. The van der Waals surface area contributed by atoms with E-state index in [0.29, 0.717) is 37.1 Å². The maximum atomic E-state index is 14.1. The Balaban J connectivity index is 1.20. The van der Waals surface area contributed by atoms with Crippen molar-refractivity contribution in [3.05, 3.63) is 83.1 Å². The number of aromatic nitrogens is 1. The minimum atomic E-state index is -0.955. The van der Waals surface area contributed by atoms with Crippen molar-refractivity contribution in [2.45, 2.75) is 51.1 Å². The molecule has 2 aliphatic rings. The summed E-state index contributed by atoms with van der Waals surface area (Å²) >= 11 is 0. The number of halogens is 2. The highest BCUT2D eigenvalue weighted by atomic mass is 19.2. The normalized spacial score (nSPS) is 17.3. The average molecular weight is 577 g/mol. The number of amides is 3. The molecule has 3 heterocycles. The molecular weight excluding hydrogens is 542 g/mol. The van der Waals surface area contributed by atoms with Crippen molar-refractivity contribution in [2.24, 2.45) is 5.73 Å². The van der Waals surface area contributed by atoms with Crippen LogP contribution in [0.1, 0.15) is 60.0 Å². The first-order valence-electron chi connectivity index (χ1n) is 14.1. The number of likely N-dealkylation sites (tertiary alicyclic amines) is 2. The Hall–Kier alpha value is -4.54. The van der Waals surface area contributed by atoms with Crippen LogP contribution in [0.15, 0.2) is 54.7 Å². The van der Waals surface area contributed by atoms with E-state index in [0.717, 1.165) is 37.4 Å². The molecule has 1 unspecified atom stereocenters. The standard InChI is InChI=1S/C31H34F2N6O3/c1-19(40)39-13-3-6-27(39)31(42)38-14-11-21(12-15-38)20-7-9-23(10-8-20)37-28-16-26(24(18-36-28)30(34)41)35-17-22-4-2-5-25(32)29(22)33/h2,4-5,7-10,16,18,21,27H,3,6,11-15,17H2,1H3,(H2,34,41)(H2,35,36,37). The lowest BCUT2D eigenvalue weighted by Crippen LogP contribution is -2.49. The van der Waals surface area contributed by atoms with Crippen LogP contribution in [0.2, 0.25) is 0 Å². The van der Waals surface area contributed by atoms with Crippen molar-refractivity contribution in [3.63, 3.8) is 0 Å². The van der Waals surface area contributed by atoms with E-state index < -0.39 is 17.5 Å². The highest BCUT2D eigenvalue weighted by Crippen LogP contribution is 2.31. The summed E-state index contributed by atoms with van der Waals surface area (Å²) in [5, 5.41) is 6.16. The molecule has 220 valence electrons. The summed E-state index contributed by atoms with van der Waals surface area (Å²) in [6.07, 6.45) is 4.63. The number of carbonyl (C=O) groups is 3. The van der Waals surface area contributed by atoms with Gasteiger partial charge in [-0.25, -0.2) is 13.8 Å². The Morgan fingerprint density at radius 1 is 1.02 bits per heavy atom. The Kier molecular flexibility index (Phi) is 8.65. The first-order valence-corrected chi connectivity index (χ1v) is 14.1. The molecule has 1 aromatic heterocycles. The van der Waals surface area contributed by atoms with E-state index in [1.165, 1.54) is 30.8 Å². The van der Waals surface area contributed by atoms with Gasteiger partial charge in [-0.3, -0.25) is 14.4 Å². The molecule has 2 aromatic carbocycles. The van der Waals surface area contributed by atoms with Gasteiger partial charge in [0.15, 0.2) is 11.6 Å². The number of carbonyl (C=O) groups excluding carboxylic acids is 3. The van der Waals surface area contributed by atoms with Gasteiger partial charge in [-0.2, -0.15) is 0 Å². The number of hydrogen-bond donors (Lipinski definition) is 3. The number of primary amides is 1. The average Bonchev–Trinajstić information content (AvgIpc) is 3.49. The molecule has 2 aliphatic heterocycles. The molecule has 42 heavy (non-hydrogen) atoms. The van der Waals surface area contributed by atoms with Crippen LogP contribution in [0.4, 0.5) is 26.0 Å². The fraction of sp³-hybridized carbons (Fsp3) is 0.355. The van der Waals surface area contributed by atoms with Crippen LogP contribution in [0.3, 0.4) is 0 Å². The van der Waals surface area contributed by atoms with E-state index >= 15 is 0 Å². The molecule has 0 bridgehead atoms. The summed E-state index contributed by atoms with van der Waals surface area (Å²) in [5.41, 5.74) is 8.02. The molecule has 4 N–H and O–H groups in total. The van der Waals surface area contributed by atoms with E-state index in [2.05, 4.69) is 15.6 Å². The Labute approximate surface area is 243 Å². The number of rotatable bonds is 8. The van der Waals surface area contributed by atoms with Crippen molar-refractivity contribution < 1.29 is 23.2 Å². The zero-order valence-corrected chi connectivity index (χ0v) is 23.4. The number of hydrogen-bond acceptors (Lipinski definition) is 6. The van der Waals surface area contributed by atoms with Crippen LogP contribution in [0.25, 0.3) is 0 Å². The monoisotopic (exact) mass is 576 g/mol. The number of nitrogens with zero attached hydrogens (tertiary/aromatic N) is 3. The highest BCUT2D eigenvalue weighted by molar-refractivity contribution is 5.98. The predicted octanol–water partition coefficient (Wildman–Crippen LogP) is 4.53. The zero-order chi connectivity index (χ0) is 29.8. The molecule has 11 heteroatoms. The molecule has 3 aromatic rings. The molecular formula is C31H34F2N6O3. The Bertz CT molecular complexity index is 1470. The van der Waals surface area contributed by atoms with Gasteiger partial charge in [0.2, 0.25) is 11.8 Å². The summed E-state index contributed by atoms with van der Waals surface area (Å²) in [6.45, 7) is 3.45. The maximum Gasteiger partial charge on any atom is 0.252 e. The third kappa shape index (κ3) is 6.35. The van der Waals surface area contributed by atoms with Gasteiger partial charge in [0, 0.05) is 56.6 Å². The van der Waals surface area contributed by atoms with Gasteiger partial charge >= 0.3 is 0 Å². The van der Waals surface area contributed by atoms with E-state index in [9.17, 15) is 23.2 Å². The fourth-order valence-electron chi connectivity index (χ4n) is 5.77. The van der Waals surface area contributed by atoms with Crippen molar-refractivity contribution in [1.82, 2.24) is 14.8 Å². The molecule has 0 radical (unpaired) electrons. The van der Waals surface area contributed by atoms with Crippen molar-refractivity contribution in [3.8, 4) is 0 Å². The SMILES string of the molecule is CC(=O)N1CCCC1C(=O)N1CCC(c2ccc(Nc3cc(NCc4cccc(F)c4F)c(C(N)=O)cn3)cc2)CC1. The molecule has 0 saturated carbocycles. The fourth-order valence-corrected chi connectivity index (χ4v) is 5.77. The topological polar surface area (TPSA) is 121 Å². The van der Waals surface area contributed by atoms with Gasteiger partial charge in [-0.15, -0.1) is 0 Å². The zero-order valence-electron chi connectivity index (χ0n) is 23.4. The van der Waals surface area contributed by atoms with Gasteiger partial charge < -0.3 is 26.2 Å². The van der Waals surface area contributed by atoms with Crippen LogP contribution in [-0.2, 0) is 16.1 Å². The molecule has 0 aliphatic carbocycles. The molecule has 2 saturated heterocycles. The molecule has 2 fully saturated rings. The number of nitrogens with two attached hydrogens (primary N) is 1. The number of benzene rings is 2. The van der Waals surface area contributed by atoms with Gasteiger partial charge in [0.1, 0.15) is 11.9 Å². The van der Waals surface area contributed by atoms with Crippen LogP contribution in [0, 0.1) is 11.6 Å². The number of pyridine rings is 1. The molecule has 9 nitrogen and oxygen atoms in total. The van der Waals surface area contributed by atoms with Gasteiger partial charge in [-0.05, 0) is 55.4 Å². The summed E-state index contributed by atoms with van der Waals surface area (Å²) in [6, 6.07) is 13.1. The predicted molar refractivity (Wildman–Crippen MR) is 155 cm³/mol. The second-order valence-corrected chi connectivity index (χ2v) is 10.8. The van der Waals surface area contributed by atoms with Crippen LogP contribution >= 0.6 is 0 Å². The van der Waals surface area contributed by atoms with Crippen LogP contribution in [0.5, 0.6) is 0 Å². The molecule has 5 rings (SSSR count). The summed E-state index contributed by atoms with van der Waals surface area (Å²) < 4.78 is 27.7. The van der Waals surface area contributed by atoms with Gasteiger partial charge in [-0.1, -0.05) is 24.3 Å². The Morgan fingerprint density at radius 3 is 2.45 bits per heavy atom. The lowest BCUT2D eigenvalue weighted by Gasteiger charge is -2.35. The Morgan fingerprint density at radius 2 is 1.76 bits per heavy atom. The minimum Gasteiger partial charge on any atom is -0.380 e. The summed E-state index contributed by atoms with van der Waals surface area (Å²) in [4.78, 5) is 44.7. The lowest BCUT2D eigenvalue weighted by molar-refractivity contribution is -0.143.